The molecule has 1 aliphatic rings. The van der Waals surface area contributed by atoms with Crippen LogP contribution in [0.4, 0.5) is 0 Å². The van der Waals surface area contributed by atoms with Gasteiger partial charge in [-0.25, -0.2) is 0 Å². The van der Waals surface area contributed by atoms with Gasteiger partial charge in [0.15, 0.2) is 0 Å². The van der Waals surface area contributed by atoms with E-state index in [1.54, 1.807) is 6.08 Å². The summed E-state index contributed by atoms with van der Waals surface area (Å²) in [6, 6.07) is 1.86. The predicted molar refractivity (Wildman–Crippen MR) is 72.9 cm³/mol. The Balaban J connectivity index is 2.22. The molecule has 1 aliphatic heterocycles. The van der Waals surface area contributed by atoms with Crippen LogP contribution in [-0.2, 0) is 16.6 Å². The summed E-state index contributed by atoms with van der Waals surface area (Å²) in [4.78, 5) is 24.1. The van der Waals surface area contributed by atoms with Gasteiger partial charge in [0.05, 0.1) is 4.91 Å². The molecule has 2 heterocycles. The summed E-state index contributed by atoms with van der Waals surface area (Å²) in [5.41, 5.74) is 0.883. The number of carboxylic acids is 1. The molecule has 1 aromatic rings. The number of rotatable bonds is 3. The number of aryl methyl sites for hydroxylation is 1. The second-order valence-corrected chi connectivity index (χ2v) is 5.45. The lowest BCUT2D eigenvalue weighted by Gasteiger charge is -2.09. The Labute approximate surface area is 113 Å². The first-order chi connectivity index (χ1) is 8.47. The first-order valence-corrected chi connectivity index (χ1v) is 6.29. The van der Waals surface area contributed by atoms with E-state index in [1.165, 1.54) is 0 Å². The fourth-order valence-corrected chi connectivity index (χ4v) is 2.79. The Kier molecular flexibility index (Phi) is 3.53. The molecule has 94 valence electrons. The minimum atomic E-state index is -1.08. The summed E-state index contributed by atoms with van der Waals surface area (Å²) in [5, 5.41) is 8.70. The molecule has 1 fully saturated rings. The van der Waals surface area contributed by atoms with Gasteiger partial charge in [-0.15, -0.1) is 0 Å². The monoisotopic (exact) mass is 282 g/mol. The van der Waals surface area contributed by atoms with Crippen molar-refractivity contribution >= 4 is 46.3 Å². The molecule has 0 bridgehead atoms. The van der Waals surface area contributed by atoms with E-state index in [-0.39, 0.29) is 10.2 Å². The normalized spacial score (nSPS) is 17.8. The van der Waals surface area contributed by atoms with Gasteiger partial charge in [-0.05, 0) is 17.7 Å². The number of carbonyl (C=O) groups is 2. The summed E-state index contributed by atoms with van der Waals surface area (Å²) < 4.78 is 2.15. The second-order valence-electron chi connectivity index (χ2n) is 3.77. The molecule has 0 atom stereocenters. The topological polar surface area (TPSA) is 62.5 Å². The third kappa shape index (κ3) is 2.62. The van der Waals surface area contributed by atoms with Crippen LogP contribution in [-0.4, -0.2) is 37.3 Å². The molecule has 7 heteroatoms. The molecule has 0 aliphatic carbocycles. The van der Waals surface area contributed by atoms with Crippen LogP contribution in [0.15, 0.2) is 23.4 Å². The second kappa shape index (κ2) is 4.95. The molecular formula is C11H10N2O3S2. The molecule has 18 heavy (non-hydrogen) atoms. The summed E-state index contributed by atoms with van der Waals surface area (Å²) in [6.45, 7) is -0.392. The van der Waals surface area contributed by atoms with Crippen molar-refractivity contribution in [2.45, 2.75) is 0 Å². The van der Waals surface area contributed by atoms with Crippen LogP contribution in [0.1, 0.15) is 5.56 Å². The Morgan fingerprint density at radius 1 is 1.61 bits per heavy atom. The highest BCUT2D eigenvalue weighted by molar-refractivity contribution is 8.26. The Morgan fingerprint density at radius 3 is 2.89 bits per heavy atom. The molecule has 1 N–H and O–H groups in total. The average molecular weight is 282 g/mol. The SMILES string of the molecule is Cn1ccc(/C=C2/SC(=S)N(CC(=O)O)C2=O)c1. The molecule has 5 nitrogen and oxygen atoms in total. The lowest BCUT2D eigenvalue weighted by molar-refractivity contribution is -0.140. The summed E-state index contributed by atoms with van der Waals surface area (Å²) in [5.74, 6) is -1.43. The van der Waals surface area contributed by atoms with Gasteiger partial charge in [0, 0.05) is 19.4 Å². The van der Waals surface area contributed by atoms with E-state index in [2.05, 4.69) is 0 Å². The van der Waals surface area contributed by atoms with Crippen LogP contribution in [0.25, 0.3) is 6.08 Å². The first kappa shape index (κ1) is 12.8. The van der Waals surface area contributed by atoms with E-state index in [0.717, 1.165) is 22.2 Å². The van der Waals surface area contributed by atoms with Crippen molar-refractivity contribution in [3.63, 3.8) is 0 Å². The number of amides is 1. The molecule has 0 saturated carbocycles. The number of aliphatic carboxylic acids is 1. The quantitative estimate of drug-likeness (QED) is 0.669. The standard InChI is InChI=1S/C11H10N2O3S2/c1-12-3-2-7(5-12)4-8-10(16)13(6-9(14)15)11(17)18-8/h2-5H,6H2,1H3,(H,14,15)/b8-4+. The van der Waals surface area contributed by atoms with E-state index in [0.29, 0.717) is 4.91 Å². The van der Waals surface area contributed by atoms with Gasteiger partial charge in [0.25, 0.3) is 5.91 Å². The molecular weight excluding hydrogens is 272 g/mol. The first-order valence-electron chi connectivity index (χ1n) is 5.06. The number of nitrogens with zero attached hydrogens (tertiary/aromatic N) is 2. The van der Waals surface area contributed by atoms with E-state index in [4.69, 9.17) is 17.3 Å². The Morgan fingerprint density at radius 2 is 2.33 bits per heavy atom. The van der Waals surface area contributed by atoms with Crippen LogP contribution < -0.4 is 0 Å². The van der Waals surface area contributed by atoms with Gasteiger partial charge in [-0.1, -0.05) is 24.0 Å². The van der Waals surface area contributed by atoms with Crippen molar-refractivity contribution in [1.82, 2.24) is 9.47 Å². The summed E-state index contributed by atoms with van der Waals surface area (Å²) in [7, 11) is 1.88. The van der Waals surface area contributed by atoms with Gasteiger partial charge < -0.3 is 9.67 Å². The third-order valence-corrected chi connectivity index (χ3v) is 3.70. The van der Waals surface area contributed by atoms with Crippen molar-refractivity contribution in [1.29, 1.82) is 0 Å². The van der Waals surface area contributed by atoms with Crippen LogP contribution >= 0.6 is 24.0 Å². The number of hydrogen-bond acceptors (Lipinski definition) is 4. The fourth-order valence-electron chi connectivity index (χ4n) is 1.53. The van der Waals surface area contributed by atoms with Crippen LogP contribution in [0, 0.1) is 0 Å². The van der Waals surface area contributed by atoms with Crippen LogP contribution in [0.3, 0.4) is 0 Å². The number of carbonyl (C=O) groups excluding carboxylic acids is 1. The molecule has 1 saturated heterocycles. The van der Waals surface area contributed by atoms with Crippen molar-refractivity contribution in [3.05, 3.63) is 28.9 Å². The smallest absolute Gasteiger partial charge is 0.323 e. The number of carboxylic acid groups (broad SMARTS) is 1. The minimum absolute atomic E-state index is 0.282. The lowest BCUT2D eigenvalue weighted by atomic mass is 10.3. The number of aromatic nitrogens is 1. The van der Waals surface area contributed by atoms with Crippen LogP contribution in [0.2, 0.25) is 0 Å². The van der Waals surface area contributed by atoms with E-state index < -0.39 is 12.5 Å². The maximum Gasteiger partial charge on any atom is 0.323 e. The molecule has 0 radical (unpaired) electrons. The molecule has 1 amide bonds. The zero-order chi connectivity index (χ0) is 13.3. The van der Waals surface area contributed by atoms with Crippen molar-refractivity contribution < 1.29 is 14.7 Å². The Bertz CT molecular complexity index is 562. The van der Waals surface area contributed by atoms with Gasteiger partial charge >= 0.3 is 5.97 Å². The highest BCUT2D eigenvalue weighted by Crippen LogP contribution is 2.32. The average Bonchev–Trinajstić information content (AvgIpc) is 2.78. The zero-order valence-electron chi connectivity index (χ0n) is 9.49. The number of hydrogen-bond donors (Lipinski definition) is 1. The minimum Gasteiger partial charge on any atom is -0.480 e. The van der Waals surface area contributed by atoms with E-state index in [1.807, 2.05) is 30.1 Å². The van der Waals surface area contributed by atoms with Crippen molar-refractivity contribution in [2.24, 2.45) is 7.05 Å². The van der Waals surface area contributed by atoms with E-state index >= 15 is 0 Å². The lowest BCUT2D eigenvalue weighted by Crippen LogP contribution is -2.33. The molecule has 0 spiro atoms. The zero-order valence-corrected chi connectivity index (χ0v) is 11.1. The highest BCUT2D eigenvalue weighted by atomic mass is 32.2. The molecule has 2 rings (SSSR count). The highest BCUT2D eigenvalue weighted by Gasteiger charge is 2.33. The maximum atomic E-state index is 11.9. The van der Waals surface area contributed by atoms with E-state index in [9.17, 15) is 9.59 Å². The Hall–Kier alpha value is -1.60. The predicted octanol–water partition coefficient (Wildman–Crippen LogP) is 1.31. The largest absolute Gasteiger partial charge is 0.480 e. The van der Waals surface area contributed by atoms with Gasteiger partial charge in [-0.3, -0.25) is 14.5 Å². The third-order valence-electron chi connectivity index (χ3n) is 2.32. The van der Waals surface area contributed by atoms with Crippen molar-refractivity contribution in [2.75, 3.05) is 6.54 Å². The maximum absolute atomic E-state index is 11.9. The number of thioether (sulfide) groups is 1. The van der Waals surface area contributed by atoms with Crippen LogP contribution in [0.5, 0.6) is 0 Å². The molecule has 0 aromatic carbocycles. The summed E-state index contributed by atoms with van der Waals surface area (Å²) in [6.07, 6.45) is 5.44. The number of thiocarbonyl (C=S) groups is 1. The fraction of sp³-hybridized carbons (Fsp3) is 0.182. The molecule has 0 unspecified atom stereocenters. The van der Waals surface area contributed by atoms with Crippen molar-refractivity contribution in [3.8, 4) is 0 Å². The van der Waals surface area contributed by atoms with Gasteiger partial charge in [0.2, 0.25) is 0 Å². The molecule has 1 aromatic heterocycles. The summed E-state index contributed by atoms with van der Waals surface area (Å²) >= 11 is 6.12. The van der Waals surface area contributed by atoms with Gasteiger partial charge in [0.1, 0.15) is 10.9 Å². The van der Waals surface area contributed by atoms with Gasteiger partial charge in [-0.2, -0.15) is 0 Å².